The van der Waals surface area contributed by atoms with E-state index in [9.17, 15) is 9.59 Å². The van der Waals surface area contributed by atoms with Crippen LogP contribution in [0.25, 0.3) is 0 Å². The van der Waals surface area contributed by atoms with Crippen LogP contribution in [0.3, 0.4) is 0 Å². The number of rotatable bonds is 6. The predicted octanol–water partition coefficient (Wildman–Crippen LogP) is 1.76. The summed E-state index contributed by atoms with van der Waals surface area (Å²) in [5, 5.41) is 0. The van der Waals surface area contributed by atoms with E-state index >= 15 is 0 Å². The molecule has 1 aliphatic rings. The number of likely N-dealkylation sites (tertiary alicyclic amines) is 1. The third-order valence-corrected chi connectivity index (χ3v) is 4.06. The third-order valence-electron chi connectivity index (χ3n) is 4.06. The molecule has 0 aromatic heterocycles. The van der Waals surface area contributed by atoms with E-state index in [1.165, 1.54) is 33.5 Å². The Morgan fingerprint density at radius 2 is 1.72 bits per heavy atom. The van der Waals surface area contributed by atoms with E-state index in [0.29, 0.717) is 23.5 Å². The van der Waals surface area contributed by atoms with Crippen molar-refractivity contribution >= 4 is 24.2 Å². The van der Waals surface area contributed by atoms with Gasteiger partial charge in [-0.3, -0.25) is 20.4 Å². The van der Waals surface area contributed by atoms with E-state index < -0.39 is 5.91 Å². The summed E-state index contributed by atoms with van der Waals surface area (Å²) < 4.78 is 10.3. The lowest BCUT2D eigenvalue weighted by Gasteiger charge is -2.25. The van der Waals surface area contributed by atoms with Crippen molar-refractivity contribution in [1.29, 1.82) is 0 Å². The maximum absolute atomic E-state index is 12.1. The predicted molar refractivity (Wildman–Crippen MR) is 97.3 cm³/mol. The first kappa shape index (κ1) is 21.1. The van der Waals surface area contributed by atoms with Crippen molar-refractivity contribution < 1.29 is 19.1 Å². The van der Waals surface area contributed by atoms with Gasteiger partial charge in [-0.25, -0.2) is 0 Å². The molecule has 1 heterocycles. The first-order chi connectivity index (χ1) is 11.6. The summed E-state index contributed by atoms with van der Waals surface area (Å²) in [6.45, 7) is 2.81. The van der Waals surface area contributed by atoms with Crippen LogP contribution in [0.1, 0.15) is 36.0 Å². The largest absolute Gasteiger partial charge is 0.493 e. The lowest BCUT2D eigenvalue weighted by atomic mass is 10.1. The Bertz CT molecular complexity index is 577. The fraction of sp³-hybridized carbons (Fsp3) is 0.529. The number of benzene rings is 1. The van der Waals surface area contributed by atoms with Crippen LogP contribution >= 0.6 is 12.4 Å². The molecule has 2 amide bonds. The van der Waals surface area contributed by atoms with Crippen molar-refractivity contribution in [3.05, 3.63) is 23.8 Å². The van der Waals surface area contributed by atoms with Crippen LogP contribution in [0.5, 0.6) is 11.5 Å². The van der Waals surface area contributed by atoms with Crippen LogP contribution in [0, 0.1) is 0 Å². The second-order valence-corrected chi connectivity index (χ2v) is 5.72. The van der Waals surface area contributed by atoms with E-state index in [-0.39, 0.29) is 18.3 Å². The topological polar surface area (TPSA) is 79.9 Å². The van der Waals surface area contributed by atoms with Gasteiger partial charge in [-0.05, 0) is 44.1 Å². The average molecular weight is 372 g/mol. The molecule has 0 bridgehead atoms. The number of ether oxygens (including phenoxy) is 2. The molecule has 0 aliphatic carbocycles. The van der Waals surface area contributed by atoms with Gasteiger partial charge in [-0.15, -0.1) is 12.4 Å². The molecule has 1 fully saturated rings. The summed E-state index contributed by atoms with van der Waals surface area (Å²) >= 11 is 0. The van der Waals surface area contributed by atoms with Gasteiger partial charge in [0.25, 0.3) is 5.91 Å². The molecule has 0 unspecified atom stereocenters. The standard InChI is InChI=1S/C17H25N3O4.ClH/c1-23-14-7-6-13(12-15(14)24-2)17(22)19-18-16(21)8-11-20-9-4-3-5-10-20;/h6-7,12H,3-5,8-11H2,1-2H3,(H,18,21)(H,19,22);1H. The SMILES string of the molecule is COc1ccc(C(=O)NNC(=O)CCN2CCCCC2)cc1OC.Cl. The first-order valence-electron chi connectivity index (χ1n) is 8.17. The number of hydrogen-bond donors (Lipinski definition) is 2. The summed E-state index contributed by atoms with van der Waals surface area (Å²) in [7, 11) is 3.03. The summed E-state index contributed by atoms with van der Waals surface area (Å²) in [5.74, 6) is 0.401. The molecule has 140 valence electrons. The zero-order valence-corrected chi connectivity index (χ0v) is 15.5. The minimum Gasteiger partial charge on any atom is -0.493 e. The first-order valence-corrected chi connectivity index (χ1v) is 8.17. The molecular formula is C17H26ClN3O4. The van der Waals surface area contributed by atoms with Gasteiger partial charge in [0, 0.05) is 18.5 Å². The van der Waals surface area contributed by atoms with Crippen LogP contribution in [0.2, 0.25) is 0 Å². The number of nitrogens with one attached hydrogen (secondary N) is 2. The average Bonchev–Trinajstić information content (AvgIpc) is 2.64. The number of nitrogens with zero attached hydrogens (tertiary/aromatic N) is 1. The summed E-state index contributed by atoms with van der Waals surface area (Å²) in [6, 6.07) is 4.82. The summed E-state index contributed by atoms with van der Waals surface area (Å²) in [5.41, 5.74) is 5.25. The Hall–Kier alpha value is -1.99. The lowest BCUT2D eigenvalue weighted by Crippen LogP contribution is -2.43. The Kier molecular flexibility index (Phi) is 9.08. The number of hydrogen-bond acceptors (Lipinski definition) is 5. The molecule has 1 aromatic carbocycles. The molecular weight excluding hydrogens is 346 g/mol. The fourth-order valence-corrected chi connectivity index (χ4v) is 2.68. The van der Waals surface area contributed by atoms with Crippen molar-refractivity contribution in [2.75, 3.05) is 33.9 Å². The second-order valence-electron chi connectivity index (χ2n) is 5.72. The molecule has 2 N–H and O–H groups in total. The Labute approximate surface area is 154 Å². The Balaban J connectivity index is 0.00000312. The minimum atomic E-state index is -0.401. The van der Waals surface area contributed by atoms with Crippen molar-refractivity contribution in [2.24, 2.45) is 0 Å². The summed E-state index contributed by atoms with van der Waals surface area (Å²) in [4.78, 5) is 26.2. The summed E-state index contributed by atoms with van der Waals surface area (Å²) in [6.07, 6.45) is 4.02. The van der Waals surface area contributed by atoms with Gasteiger partial charge in [-0.1, -0.05) is 6.42 Å². The quantitative estimate of drug-likeness (QED) is 0.745. The van der Waals surface area contributed by atoms with E-state index in [1.807, 2.05) is 0 Å². The maximum Gasteiger partial charge on any atom is 0.269 e. The Morgan fingerprint density at radius 3 is 2.36 bits per heavy atom. The van der Waals surface area contributed by atoms with Crippen molar-refractivity contribution in [1.82, 2.24) is 15.8 Å². The Morgan fingerprint density at radius 1 is 1.04 bits per heavy atom. The fourth-order valence-electron chi connectivity index (χ4n) is 2.68. The molecule has 0 radical (unpaired) electrons. The van der Waals surface area contributed by atoms with E-state index in [1.54, 1.807) is 18.2 Å². The molecule has 25 heavy (non-hydrogen) atoms. The molecule has 0 spiro atoms. The molecule has 2 rings (SSSR count). The zero-order valence-electron chi connectivity index (χ0n) is 14.7. The number of hydrazine groups is 1. The highest BCUT2D eigenvalue weighted by atomic mass is 35.5. The number of amides is 2. The van der Waals surface area contributed by atoms with Gasteiger partial charge in [0.2, 0.25) is 5.91 Å². The lowest BCUT2D eigenvalue weighted by molar-refractivity contribution is -0.122. The number of halogens is 1. The highest BCUT2D eigenvalue weighted by Gasteiger charge is 2.13. The van der Waals surface area contributed by atoms with E-state index in [2.05, 4.69) is 15.8 Å². The molecule has 1 saturated heterocycles. The zero-order chi connectivity index (χ0) is 17.4. The number of carbonyl (C=O) groups is 2. The van der Waals surface area contributed by atoms with E-state index in [4.69, 9.17) is 9.47 Å². The van der Waals surface area contributed by atoms with Gasteiger partial charge >= 0.3 is 0 Å². The van der Waals surface area contributed by atoms with Gasteiger partial charge in [0.05, 0.1) is 14.2 Å². The van der Waals surface area contributed by atoms with Crippen LogP contribution in [0.4, 0.5) is 0 Å². The number of carbonyl (C=O) groups excluding carboxylic acids is 2. The molecule has 8 heteroatoms. The normalized spacial score (nSPS) is 14.2. The van der Waals surface area contributed by atoms with Crippen LogP contribution < -0.4 is 20.3 Å². The second kappa shape index (κ2) is 10.8. The van der Waals surface area contributed by atoms with Crippen LogP contribution in [-0.4, -0.2) is 50.6 Å². The molecule has 0 saturated carbocycles. The van der Waals surface area contributed by atoms with Crippen molar-refractivity contribution in [3.8, 4) is 11.5 Å². The number of methoxy groups -OCH3 is 2. The minimum absolute atomic E-state index is 0. The third kappa shape index (κ3) is 6.43. The number of piperidine rings is 1. The molecule has 7 nitrogen and oxygen atoms in total. The monoisotopic (exact) mass is 371 g/mol. The van der Waals surface area contributed by atoms with Crippen LogP contribution in [0.15, 0.2) is 18.2 Å². The smallest absolute Gasteiger partial charge is 0.269 e. The molecule has 1 aromatic rings. The van der Waals surface area contributed by atoms with E-state index in [0.717, 1.165) is 19.6 Å². The molecule has 0 atom stereocenters. The van der Waals surface area contributed by atoms with Gasteiger partial charge in [0.1, 0.15) is 0 Å². The highest BCUT2D eigenvalue weighted by molar-refractivity contribution is 5.96. The molecule has 1 aliphatic heterocycles. The van der Waals surface area contributed by atoms with Gasteiger partial charge < -0.3 is 14.4 Å². The van der Waals surface area contributed by atoms with Crippen molar-refractivity contribution in [2.45, 2.75) is 25.7 Å². The maximum atomic E-state index is 12.1. The van der Waals surface area contributed by atoms with Gasteiger partial charge in [0.15, 0.2) is 11.5 Å². The highest BCUT2D eigenvalue weighted by Crippen LogP contribution is 2.27. The van der Waals surface area contributed by atoms with Crippen LogP contribution in [-0.2, 0) is 4.79 Å². The van der Waals surface area contributed by atoms with Gasteiger partial charge in [-0.2, -0.15) is 0 Å². The van der Waals surface area contributed by atoms with Crippen molar-refractivity contribution in [3.63, 3.8) is 0 Å².